The molecule has 1 fully saturated rings. The molecule has 1 saturated heterocycles. The average Bonchev–Trinajstić information content (AvgIpc) is 2.95. The Bertz CT molecular complexity index is 406. The van der Waals surface area contributed by atoms with Crippen LogP contribution in [-0.4, -0.2) is 60.6 Å². The van der Waals surface area contributed by atoms with Gasteiger partial charge in [-0.2, -0.15) is 9.80 Å². The maximum absolute atomic E-state index is 11.6. The number of carbonyl (C=O) groups excluding carboxylic acids is 2. The average molecular weight is 255 g/mol. The lowest BCUT2D eigenvalue weighted by molar-refractivity contribution is -0.614. The topological polar surface area (TPSA) is 68.1 Å². The van der Waals surface area contributed by atoms with Gasteiger partial charge in [-0.05, 0) is 4.68 Å². The van der Waals surface area contributed by atoms with E-state index in [0.29, 0.717) is 13.0 Å². The van der Waals surface area contributed by atoms with Crippen LogP contribution in [0.25, 0.3) is 0 Å². The Hall–Kier alpha value is -2.05. The van der Waals surface area contributed by atoms with Gasteiger partial charge < -0.3 is 14.2 Å². The zero-order valence-corrected chi connectivity index (χ0v) is 10.1. The van der Waals surface area contributed by atoms with Crippen molar-refractivity contribution in [3.8, 4) is 0 Å². The molecule has 0 unspecified atom stereocenters. The number of rotatable bonds is 3. The van der Waals surface area contributed by atoms with Gasteiger partial charge in [-0.1, -0.05) is 6.08 Å². The van der Waals surface area contributed by atoms with Crippen molar-refractivity contribution in [3.05, 3.63) is 12.7 Å². The summed E-state index contributed by atoms with van der Waals surface area (Å²) < 4.78 is 15.9. The molecule has 2 aliphatic heterocycles. The molecule has 2 aliphatic rings. The summed E-state index contributed by atoms with van der Waals surface area (Å²) in [5.74, 6) is 0. The SMILES string of the molecule is C=CCN1[C@@H]([C@H]2COC(=O)O2)CC=[N+]1C(=O)OC. The van der Waals surface area contributed by atoms with Crippen molar-refractivity contribution < 1.29 is 28.5 Å². The van der Waals surface area contributed by atoms with E-state index in [4.69, 9.17) is 9.47 Å². The van der Waals surface area contributed by atoms with Gasteiger partial charge in [0.2, 0.25) is 0 Å². The predicted molar refractivity (Wildman–Crippen MR) is 60.3 cm³/mol. The molecule has 0 bridgehead atoms. The summed E-state index contributed by atoms with van der Waals surface area (Å²) in [6.45, 7) is 4.29. The van der Waals surface area contributed by atoms with E-state index in [1.165, 1.54) is 11.8 Å². The van der Waals surface area contributed by atoms with Crippen molar-refractivity contribution >= 4 is 18.5 Å². The third-order valence-electron chi connectivity index (χ3n) is 2.90. The van der Waals surface area contributed by atoms with E-state index in [2.05, 4.69) is 11.3 Å². The Kier molecular flexibility index (Phi) is 3.50. The first-order valence-electron chi connectivity index (χ1n) is 5.58. The van der Waals surface area contributed by atoms with Gasteiger partial charge in [0.25, 0.3) is 0 Å². The van der Waals surface area contributed by atoms with Crippen molar-refractivity contribution in [2.75, 3.05) is 20.3 Å². The third kappa shape index (κ3) is 2.15. The summed E-state index contributed by atoms with van der Waals surface area (Å²) in [6, 6.07) is -0.145. The monoisotopic (exact) mass is 255 g/mol. The van der Waals surface area contributed by atoms with E-state index in [-0.39, 0.29) is 18.8 Å². The van der Waals surface area contributed by atoms with E-state index in [1.807, 2.05) is 0 Å². The van der Waals surface area contributed by atoms with Gasteiger partial charge in [-0.15, -0.1) is 6.58 Å². The number of carbonyl (C=O) groups is 2. The number of hydrogen-bond donors (Lipinski definition) is 0. The Labute approximate surface area is 104 Å². The molecule has 18 heavy (non-hydrogen) atoms. The highest BCUT2D eigenvalue weighted by Gasteiger charge is 2.46. The van der Waals surface area contributed by atoms with E-state index in [1.54, 1.807) is 17.3 Å². The molecule has 0 aromatic rings. The Morgan fingerprint density at radius 3 is 3.11 bits per heavy atom. The number of ether oxygens (including phenoxy) is 3. The highest BCUT2D eigenvalue weighted by atomic mass is 16.8. The summed E-state index contributed by atoms with van der Waals surface area (Å²) >= 11 is 0. The number of hydrazine groups is 1. The fraction of sp³-hybridized carbons (Fsp3) is 0.545. The number of amides is 1. The molecule has 2 rings (SSSR count). The maximum atomic E-state index is 11.6. The second kappa shape index (κ2) is 5.07. The lowest BCUT2D eigenvalue weighted by atomic mass is 10.1. The van der Waals surface area contributed by atoms with Gasteiger partial charge in [0.15, 0.2) is 12.3 Å². The standard InChI is InChI=1S/C11H15N2O5/c1-3-5-12-8(9-7-17-11(15)18-9)4-6-13(12)10(14)16-2/h3,6,8-9H,1,4-5,7H2,2H3/q+1/t8-,9-/m1/s1. The van der Waals surface area contributed by atoms with Crippen LogP contribution in [0, 0.1) is 0 Å². The second-order valence-electron chi connectivity index (χ2n) is 3.93. The Balaban J connectivity index is 2.11. The molecule has 7 heteroatoms. The van der Waals surface area contributed by atoms with Gasteiger partial charge >= 0.3 is 12.2 Å². The minimum atomic E-state index is -0.671. The molecular formula is C11H15N2O5+. The Morgan fingerprint density at radius 1 is 1.78 bits per heavy atom. The smallest absolute Gasteiger partial charge is 0.430 e. The fourth-order valence-corrected chi connectivity index (χ4v) is 2.10. The third-order valence-corrected chi connectivity index (χ3v) is 2.90. The normalized spacial score (nSPS) is 26.4. The van der Waals surface area contributed by atoms with E-state index < -0.39 is 12.2 Å². The number of hydrazone groups is 1. The van der Waals surface area contributed by atoms with Crippen LogP contribution in [0.1, 0.15) is 6.42 Å². The summed E-state index contributed by atoms with van der Waals surface area (Å²) in [4.78, 5) is 22.5. The van der Waals surface area contributed by atoms with Crippen LogP contribution in [0.4, 0.5) is 9.59 Å². The van der Waals surface area contributed by atoms with Crippen LogP contribution in [-0.2, 0) is 14.2 Å². The molecule has 0 aromatic heterocycles. The lowest BCUT2D eigenvalue weighted by Crippen LogP contribution is -2.47. The molecular weight excluding hydrogens is 240 g/mol. The zero-order chi connectivity index (χ0) is 13.1. The van der Waals surface area contributed by atoms with E-state index in [9.17, 15) is 9.59 Å². The van der Waals surface area contributed by atoms with Crippen LogP contribution in [0.5, 0.6) is 0 Å². The molecule has 2 atom stereocenters. The molecule has 0 spiro atoms. The lowest BCUT2D eigenvalue weighted by Gasteiger charge is -2.22. The van der Waals surface area contributed by atoms with Crippen LogP contribution in [0.2, 0.25) is 0 Å². The summed E-state index contributed by atoms with van der Waals surface area (Å²) in [7, 11) is 1.31. The first kappa shape index (κ1) is 12.4. The number of hydrogen-bond acceptors (Lipinski definition) is 6. The minimum Gasteiger partial charge on any atom is -0.430 e. The fourth-order valence-electron chi connectivity index (χ4n) is 2.10. The number of methoxy groups -OCH3 is 1. The molecule has 0 N–H and O–H groups in total. The molecule has 1 amide bonds. The van der Waals surface area contributed by atoms with E-state index >= 15 is 0 Å². The van der Waals surface area contributed by atoms with E-state index in [0.717, 1.165) is 0 Å². The minimum absolute atomic E-state index is 0.145. The summed E-state index contributed by atoms with van der Waals surface area (Å²) in [6.07, 6.45) is 2.40. The molecule has 0 radical (unpaired) electrons. The predicted octanol–water partition coefficient (Wildman–Crippen LogP) is 0.547. The van der Waals surface area contributed by atoms with Crippen molar-refractivity contribution in [2.24, 2.45) is 0 Å². The first-order chi connectivity index (χ1) is 8.67. The first-order valence-corrected chi connectivity index (χ1v) is 5.58. The highest BCUT2D eigenvalue weighted by molar-refractivity contribution is 5.67. The van der Waals surface area contributed by atoms with Crippen molar-refractivity contribution in [3.63, 3.8) is 0 Å². The van der Waals surface area contributed by atoms with Crippen LogP contribution < -0.4 is 0 Å². The van der Waals surface area contributed by atoms with Crippen LogP contribution in [0.15, 0.2) is 12.7 Å². The summed E-state index contributed by atoms with van der Waals surface area (Å²) in [5.41, 5.74) is 0. The van der Waals surface area contributed by atoms with Crippen LogP contribution in [0.3, 0.4) is 0 Å². The van der Waals surface area contributed by atoms with Gasteiger partial charge in [0.1, 0.15) is 12.6 Å². The van der Waals surface area contributed by atoms with Gasteiger partial charge in [0, 0.05) is 0 Å². The number of nitrogens with zero attached hydrogens (tertiary/aromatic N) is 2. The summed E-state index contributed by atoms with van der Waals surface area (Å²) in [5, 5.41) is 1.74. The Morgan fingerprint density at radius 2 is 2.56 bits per heavy atom. The molecule has 0 saturated carbocycles. The second-order valence-corrected chi connectivity index (χ2v) is 3.93. The number of cyclic esters (lactones) is 2. The van der Waals surface area contributed by atoms with Gasteiger partial charge in [-0.25, -0.2) is 4.79 Å². The highest BCUT2D eigenvalue weighted by Crippen LogP contribution is 2.21. The van der Waals surface area contributed by atoms with Crippen molar-refractivity contribution in [1.29, 1.82) is 0 Å². The quantitative estimate of drug-likeness (QED) is 0.416. The van der Waals surface area contributed by atoms with Crippen LogP contribution >= 0.6 is 0 Å². The van der Waals surface area contributed by atoms with Gasteiger partial charge in [-0.3, -0.25) is 0 Å². The molecule has 0 aliphatic carbocycles. The van der Waals surface area contributed by atoms with Crippen molar-refractivity contribution in [1.82, 2.24) is 5.01 Å². The van der Waals surface area contributed by atoms with Gasteiger partial charge in [0.05, 0.1) is 20.1 Å². The largest absolute Gasteiger partial charge is 0.625 e. The maximum Gasteiger partial charge on any atom is 0.625 e. The molecule has 7 nitrogen and oxygen atoms in total. The van der Waals surface area contributed by atoms with Crippen molar-refractivity contribution in [2.45, 2.75) is 18.6 Å². The molecule has 98 valence electrons. The molecule has 0 aromatic carbocycles. The zero-order valence-electron chi connectivity index (χ0n) is 10.1. The molecule has 2 heterocycles.